The molecule has 0 fully saturated rings. The summed E-state index contributed by atoms with van der Waals surface area (Å²) in [6.45, 7) is 6.90. The van der Waals surface area contributed by atoms with E-state index in [1.165, 1.54) is 0 Å². The van der Waals surface area contributed by atoms with Crippen LogP contribution >= 0.6 is 12.2 Å². The number of nitrogens with zero attached hydrogens (tertiary/aromatic N) is 2. The monoisotopic (exact) mass is 226 g/mol. The second-order valence-electron chi connectivity index (χ2n) is 3.27. The molecule has 1 heterocycles. The Morgan fingerprint density at radius 2 is 2.13 bits per heavy atom. The highest BCUT2D eigenvalue weighted by atomic mass is 32.1. The molecule has 2 N–H and O–H groups in total. The van der Waals surface area contributed by atoms with Crippen LogP contribution in [0.1, 0.15) is 19.5 Å². The van der Waals surface area contributed by atoms with Crippen LogP contribution in [0, 0.1) is 4.77 Å². The summed E-state index contributed by atoms with van der Waals surface area (Å²) >= 11 is 5.10. The van der Waals surface area contributed by atoms with Gasteiger partial charge in [0.15, 0.2) is 4.77 Å². The molecule has 0 atom stereocenters. The van der Waals surface area contributed by atoms with Gasteiger partial charge < -0.3 is 15.2 Å². The molecule has 1 aromatic rings. The third-order valence-electron chi connectivity index (χ3n) is 2.24. The van der Waals surface area contributed by atoms with Gasteiger partial charge in [-0.15, -0.1) is 0 Å². The highest BCUT2D eigenvalue weighted by Crippen LogP contribution is 2.10. The van der Waals surface area contributed by atoms with E-state index in [4.69, 9.17) is 12.2 Å². The molecule has 0 bridgehead atoms. The fourth-order valence-corrected chi connectivity index (χ4v) is 1.71. The van der Waals surface area contributed by atoms with Crippen molar-refractivity contribution in [3.05, 3.63) is 16.5 Å². The van der Waals surface area contributed by atoms with E-state index in [-0.39, 0.29) is 0 Å². The molecule has 84 valence electrons. The average molecular weight is 226 g/mol. The summed E-state index contributed by atoms with van der Waals surface area (Å²) < 4.78 is 0.546. The molecule has 1 aromatic heterocycles. The Labute approximate surface area is 95.7 Å². The Kier molecular flexibility index (Phi) is 4.71. The van der Waals surface area contributed by atoms with E-state index in [9.17, 15) is 0 Å². The maximum absolute atomic E-state index is 5.10. The lowest BCUT2D eigenvalue weighted by Crippen LogP contribution is -2.23. The summed E-state index contributed by atoms with van der Waals surface area (Å²) in [4.78, 5) is 9.57. The van der Waals surface area contributed by atoms with Crippen molar-refractivity contribution < 1.29 is 0 Å². The molecule has 0 aromatic carbocycles. The van der Waals surface area contributed by atoms with Crippen molar-refractivity contribution in [2.75, 3.05) is 25.0 Å². The fourth-order valence-electron chi connectivity index (χ4n) is 1.49. The molecule has 0 aliphatic heterocycles. The van der Waals surface area contributed by atoms with Crippen LogP contribution in [0.15, 0.2) is 6.07 Å². The third-order valence-corrected chi connectivity index (χ3v) is 2.43. The van der Waals surface area contributed by atoms with Crippen molar-refractivity contribution in [1.82, 2.24) is 15.3 Å². The van der Waals surface area contributed by atoms with E-state index in [2.05, 4.69) is 34.0 Å². The smallest absolute Gasteiger partial charge is 0.198 e. The van der Waals surface area contributed by atoms with Crippen molar-refractivity contribution in [3.63, 3.8) is 0 Å². The second-order valence-corrected chi connectivity index (χ2v) is 3.66. The summed E-state index contributed by atoms with van der Waals surface area (Å²) in [5.41, 5.74) is 1.07. The van der Waals surface area contributed by atoms with Crippen molar-refractivity contribution in [1.29, 1.82) is 0 Å². The molecular weight excluding hydrogens is 208 g/mol. The number of rotatable bonds is 5. The quantitative estimate of drug-likeness (QED) is 0.750. The van der Waals surface area contributed by atoms with Gasteiger partial charge in [0.2, 0.25) is 0 Å². The van der Waals surface area contributed by atoms with Crippen LogP contribution in [0.5, 0.6) is 0 Å². The highest BCUT2D eigenvalue weighted by Gasteiger charge is 2.04. The number of anilines is 1. The van der Waals surface area contributed by atoms with Gasteiger partial charge in [0.25, 0.3) is 0 Å². The summed E-state index contributed by atoms with van der Waals surface area (Å²) in [6.07, 6.45) is 0. The van der Waals surface area contributed by atoms with E-state index >= 15 is 0 Å². The molecule has 0 aliphatic carbocycles. The predicted octanol–water partition coefficient (Wildman–Crippen LogP) is 1.70. The van der Waals surface area contributed by atoms with Crippen molar-refractivity contribution in [2.24, 2.45) is 0 Å². The first-order chi connectivity index (χ1) is 7.21. The Morgan fingerprint density at radius 1 is 1.47 bits per heavy atom. The number of aromatic nitrogens is 2. The Hall–Kier alpha value is -0.940. The molecule has 0 saturated carbocycles. The molecule has 0 unspecified atom stereocenters. The van der Waals surface area contributed by atoms with Gasteiger partial charge in [-0.25, -0.2) is 4.98 Å². The van der Waals surface area contributed by atoms with Crippen LogP contribution in [0.25, 0.3) is 0 Å². The van der Waals surface area contributed by atoms with Gasteiger partial charge in [-0.2, -0.15) is 0 Å². The van der Waals surface area contributed by atoms with Crippen LogP contribution in [-0.2, 0) is 6.54 Å². The van der Waals surface area contributed by atoms with Crippen LogP contribution < -0.4 is 10.2 Å². The first kappa shape index (κ1) is 12.1. The normalized spacial score (nSPS) is 10.3. The van der Waals surface area contributed by atoms with E-state index in [0.29, 0.717) is 4.77 Å². The van der Waals surface area contributed by atoms with Crippen LogP contribution in [-0.4, -0.2) is 30.1 Å². The number of H-pyrrole nitrogens is 1. The van der Waals surface area contributed by atoms with Crippen molar-refractivity contribution in [3.8, 4) is 0 Å². The zero-order valence-corrected chi connectivity index (χ0v) is 10.3. The summed E-state index contributed by atoms with van der Waals surface area (Å²) in [6, 6.07) is 2.04. The topological polar surface area (TPSA) is 44.0 Å². The molecule has 0 amide bonds. The average Bonchev–Trinajstić information content (AvgIpc) is 2.19. The summed E-state index contributed by atoms with van der Waals surface area (Å²) in [5.74, 6) is 0.953. The van der Waals surface area contributed by atoms with Gasteiger partial charge in [-0.05, 0) is 33.1 Å². The van der Waals surface area contributed by atoms with E-state index < -0.39 is 0 Å². The number of aromatic amines is 1. The molecule has 0 saturated heterocycles. The second kappa shape index (κ2) is 5.82. The first-order valence-electron chi connectivity index (χ1n) is 5.21. The number of hydrogen-bond acceptors (Lipinski definition) is 4. The fraction of sp³-hybridized carbons (Fsp3) is 0.600. The predicted molar refractivity (Wildman–Crippen MR) is 65.7 cm³/mol. The standard InChI is InChI=1S/C10H18N4S/c1-4-14(5-2)9-6-8(7-11-3)12-10(15)13-9/h6,11H,4-5,7H2,1-3H3,(H,12,13,15). The lowest BCUT2D eigenvalue weighted by atomic mass is 10.3. The van der Waals surface area contributed by atoms with Gasteiger partial charge in [0.05, 0.1) is 0 Å². The third kappa shape index (κ3) is 3.28. The zero-order chi connectivity index (χ0) is 11.3. The molecule has 0 radical (unpaired) electrons. The van der Waals surface area contributed by atoms with E-state index in [1.54, 1.807) is 0 Å². The summed E-state index contributed by atoms with van der Waals surface area (Å²) in [5, 5.41) is 3.09. The van der Waals surface area contributed by atoms with Crippen molar-refractivity contribution >= 4 is 18.0 Å². The largest absolute Gasteiger partial charge is 0.357 e. The molecule has 15 heavy (non-hydrogen) atoms. The first-order valence-corrected chi connectivity index (χ1v) is 5.61. The van der Waals surface area contributed by atoms with Gasteiger partial charge in [-0.1, -0.05) is 0 Å². The number of nitrogens with one attached hydrogen (secondary N) is 2. The molecule has 0 spiro atoms. The van der Waals surface area contributed by atoms with Gasteiger partial charge in [0, 0.05) is 31.4 Å². The lowest BCUT2D eigenvalue weighted by Gasteiger charge is -2.20. The lowest BCUT2D eigenvalue weighted by molar-refractivity contribution is 0.772. The molecule has 0 aliphatic rings. The molecule has 4 nitrogen and oxygen atoms in total. The van der Waals surface area contributed by atoms with E-state index in [1.807, 2.05) is 13.1 Å². The maximum Gasteiger partial charge on any atom is 0.198 e. The van der Waals surface area contributed by atoms with Crippen LogP contribution in [0.4, 0.5) is 5.82 Å². The van der Waals surface area contributed by atoms with Gasteiger partial charge in [-0.3, -0.25) is 0 Å². The maximum atomic E-state index is 5.10. The molecular formula is C10H18N4S. The molecule has 1 rings (SSSR count). The van der Waals surface area contributed by atoms with Crippen LogP contribution in [0.3, 0.4) is 0 Å². The Bertz CT molecular complexity index is 357. The minimum Gasteiger partial charge on any atom is -0.357 e. The van der Waals surface area contributed by atoms with Gasteiger partial charge in [0.1, 0.15) is 5.82 Å². The number of hydrogen-bond donors (Lipinski definition) is 2. The zero-order valence-electron chi connectivity index (χ0n) is 9.50. The van der Waals surface area contributed by atoms with Crippen LogP contribution in [0.2, 0.25) is 0 Å². The minimum absolute atomic E-state index is 0.546. The van der Waals surface area contributed by atoms with Crippen molar-refractivity contribution in [2.45, 2.75) is 20.4 Å². The Morgan fingerprint density at radius 3 is 2.67 bits per heavy atom. The minimum atomic E-state index is 0.546. The summed E-state index contributed by atoms with van der Waals surface area (Å²) in [7, 11) is 1.91. The van der Waals surface area contributed by atoms with Gasteiger partial charge >= 0.3 is 0 Å². The highest BCUT2D eigenvalue weighted by molar-refractivity contribution is 7.71. The Balaban J connectivity index is 3.02. The SMILES string of the molecule is CCN(CC)c1cc(CNC)[nH]c(=S)n1. The van der Waals surface area contributed by atoms with E-state index in [0.717, 1.165) is 31.1 Å². The molecule has 5 heteroatoms.